The van der Waals surface area contributed by atoms with Gasteiger partial charge in [0.1, 0.15) is 0 Å². The Morgan fingerprint density at radius 3 is 3.00 bits per heavy atom. The van der Waals surface area contributed by atoms with E-state index >= 15 is 0 Å². The molecule has 1 saturated heterocycles. The topological polar surface area (TPSA) is 21.3 Å². The van der Waals surface area contributed by atoms with Crippen molar-refractivity contribution < 1.29 is 4.74 Å². The first-order valence-corrected chi connectivity index (χ1v) is 6.64. The third-order valence-corrected chi connectivity index (χ3v) is 3.79. The molecule has 0 radical (unpaired) electrons. The highest BCUT2D eigenvalue weighted by molar-refractivity contribution is 6.31. The van der Waals surface area contributed by atoms with Gasteiger partial charge in [-0.2, -0.15) is 0 Å². The van der Waals surface area contributed by atoms with Crippen molar-refractivity contribution >= 4 is 11.6 Å². The molecule has 3 heteroatoms. The lowest BCUT2D eigenvalue weighted by Crippen LogP contribution is -2.36. The highest BCUT2D eigenvalue weighted by Gasteiger charge is 2.21. The molecule has 0 saturated carbocycles. The van der Waals surface area contributed by atoms with Gasteiger partial charge in [-0.15, -0.1) is 0 Å². The monoisotopic (exact) mass is 253 g/mol. The van der Waals surface area contributed by atoms with E-state index in [0.717, 1.165) is 23.7 Å². The van der Waals surface area contributed by atoms with Crippen LogP contribution < -0.4 is 5.32 Å². The van der Waals surface area contributed by atoms with Crippen molar-refractivity contribution in [2.24, 2.45) is 0 Å². The van der Waals surface area contributed by atoms with Crippen molar-refractivity contribution in [3.63, 3.8) is 0 Å². The van der Waals surface area contributed by atoms with Crippen LogP contribution in [0.15, 0.2) is 18.2 Å². The zero-order valence-electron chi connectivity index (χ0n) is 10.5. The molecule has 0 bridgehead atoms. The predicted octanol–water partition coefficient (Wildman–Crippen LogP) is 3.31. The van der Waals surface area contributed by atoms with E-state index in [2.05, 4.69) is 24.4 Å². The maximum Gasteiger partial charge on any atom is 0.0726 e. The molecule has 1 aromatic carbocycles. The van der Waals surface area contributed by atoms with Gasteiger partial charge in [-0.25, -0.2) is 0 Å². The molecule has 94 valence electrons. The third kappa shape index (κ3) is 3.44. The minimum absolute atomic E-state index is 0.371. The van der Waals surface area contributed by atoms with Crippen molar-refractivity contribution in [3.8, 4) is 0 Å². The highest BCUT2D eigenvalue weighted by Crippen LogP contribution is 2.18. The molecule has 1 N–H and O–H groups in total. The minimum atomic E-state index is 0.371. The summed E-state index contributed by atoms with van der Waals surface area (Å²) in [6.45, 7) is 5.97. The van der Waals surface area contributed by atoms with E-state index < -0.39 is 0 Å². The smallest absolute Gasteiger partial charge is 0.0726 e. The molecule has 2 atom stereocenters. The summed E-state index contributed by atoms with van der Waals surface area (Å²) in [5.74, 6) is 0. The van der Waals surface area contributed by atoms with Crippen LogP contribution in [-0.4, -0.2) is 18.8 Å². The quantitative estimate of drug-likeness (QED) is 0.889. The van der Waals surface area contributed by atoms with Crippen LogP contribution in [0.1, 0.15) is 30.9 Å². The van der Waals surface area contributed by atoms with Crippen LogP contribution in [-0.2, 0) is 11.3 Å². The van der Waals surface area contributed by atoms with E-state index in [4.69, 9.17) is 16.3 Å². The van der Waals surface area contributed by atoms with Crippen molar-refractivity contribution in [1.29, 1.82) is 0 Å². The van der Waals surface area contributed by atoms with Gasteiger partial charge in [0.15, 0.2) is 0 Å². The van der Waals surface area contributed by atoms with Crippen LogP contribution in [0.2, 0.25) is 5.02 Å². The molecule has 1 aromatic rings. The van der Waals surface area contributed by atoms with E-state index in [9.17, 15) is 0 Å². The molecular formula is C14H20ClNO. The fourth-order valence-corrected chi connectivity index (χ4v) is 2.36. The summed E-state index contributed by atoms with van der Waals surface area (Å²) < 4.78 is 5.66. The van der Waals surface area contributed by atoms with Gasteiger partial charge in [0.05, 0.1) is 6.10 Å². The predicted molar refractivity (Wildman–Crippen MR) is 71.5 cm³/mol. The van der Waals surface area contributed by atoms with Crippen molar-refractivity contribution in [3.05, 3.63) is 34.3 Å². The molecule has 1 aliphatic heterocycles. The highest BCUT2D eigenvalue weighted by atomic mass is 35.5. The Labute approximate surface area is 108 Å². The Morgan fingerprint density at radius 2 is 2.35 bits per heavy atom. The Morgan fingerprint density at radius 1 is 1.53 bits per heavy atom. The zero-order valence-corrected chi connectivity index (χ0v) is 11.3. The number of benzene rings is 1. The number of hydrogen-bond donors (Lipinski definition) is 1. The Kier molecular flexibility index (Phi) is 4.43. The lowest BCUT2D eigenvalue weighted by Gasteiger charge is -2.20. The van der Waals surface area contributed by atoms with Crippen molar-refractivity contribution in [2.45, 2.75) is 45.4 Å². The molecule has 0 spiro atoms. The number of halogens is 1. The first-order chi connectivity index (χ1) is 8.16. The second kappa shape index (κ2) is 5.85. The van der Waals surface area contributed by atoms with Gasteiger partial charge in [0.2, 0.25) is 0 Å². The SMILES string of the molecule is Cc1ccc(CNC(C)C2CCCO2)cc1Cl. The zero-order chi connectivity index (χ0) is 12.3. The molecule has 0 aliphatic carbocycles. The van der Waals surface area contributed by atoms with E-state index in [1.165, 1.54) is 18.4 Å². The Hall–Kier alpha value is -0.570. The number of aryl methyl sites for hydroxylation is 1. The molecule has 2 rings (SSSR count). The molecule has 1 heterocycles. The number of rotatable bonds is 4. The normalized spacial score (nSPS) is 21.7. The van der Waals surface area contributed by atoms with Gasteiger partial charge in [-0.1, -0.05) is 23.7 Å². The van der Waals surface area contributed by atoms with E-state index in [-0.39, 0.29) is 0 Å². The summed E-state index contributed by atoms with van der Waals surface area (Å²) >= 11 is 6.10. The lowest BCUT2D eigenvalue weighted by atomic mass is 10.1. The van der Waals surface area contributed by atoms with Crippen LogP contribution in [0.3, 0.4) is 0 Å². The standard InChI is InChI=1S/C14H20ClNO/c1-10-5-6-12(8-13(10)15)9-16-11(2)14-4-3-7-17-14/h5-6,8,11,14,16H,3-4,7,9H2,1-2H3. The maximum atomic E-state index is 6.10. The second-order valence-electron chi connectivity index (χ2n) is 4.80. The van der Waals surface area contributed by atoms with Crippen LogP contribution in [0.25, 0.3) is 0 Å². The van der Waals surface area contributed by atoms with E-state index in [1.54, 1.807) is 0 Å². The first kappa shape index (κ1) is 12.9. The average Bonchev–Trinajstić information content (AvgIpc) is 2.84. The Bertz CT molecular complexity index is 374. The van der Waals surface area contributed by atoms with Gasteiger partial charge in [0.25, 0.3) is 0 Å². The second-order valence-corrected chi connectivity index (χ2v) is 5.21. The summed E-state index contributed by atoms with van der Waals surface area (Å²) in [7, 11) is 0. The third-order valence-electron chi connectivity index (χ3n) is 3.39. The van der Waals surface area contributed by atoms with Crippen molar-refractivity contribution in [2.75, 3.05) is 6.61 Å². The van der Waals surface area contributed by atoms with Crippen LogP contribution in [0, 0.1) is 6.92 Å². The largest absolute Gasteiger partial charge is 0.377 e. The molecule has 0 amide bonds. The first-order valence-electron chi connectivity index (χ1n) is 6.27. The fraction of sp³-hybridized carbons (Fsp3) is 0.571. The molecule has 0 aromatic heterocycles. The van der Waals surface area contributed by atoms with Gasteiger partial charge < -0.3 is 10.1 Å². The molecule has 1 fully saturated rings. The summed E-state index contributed by atoms with van der Waals surface area (Å²) in [5, 5.41) is 4.35. The minimum Gasteiger partial charge on any atom is -0.377 e. The van der Waals surface area contributed by atoms with Gasteiger partial charge in [-0.3, -0.25) is 0 Å². The van der Waals surface area contributed by atoms with Gasteiger partial charge in [0, 0.05) is 24.2 Å². The van der Waals surface area contributed by atoms with Crippen LogP contribution in [0.5, 0.6) is 0 Å². The molecule has 2 nitrogen and oxygen atoms in total. The molecule has 2 unspecified atom stereocenters. The van der Waals surface area contributed by atoms with E-state index in [0.29, 0.717) is 12.1 Å². The van der Waals surface area contributed by atoms with Gasteiger partial charge >= 0.3 is 0 Å². The summed E-state index contributed by atoms with van der Waals surface area (Å²) in [4.78, 5) is 0. The lowest BCUT2D eigenvalue weighted by molar-refractivity contribution is 0.0832. The Balaban J connectivity index is 1.86. The maximum absolute atomic E-state index is 6.10. The summed E-state index contributed by atoms with van der Waals surface area (Å²) in [6, 6.07) is 6.62. The van der Waals surface area contributed by atoms with Crippen LogP contribution in [0.4, 0.5) is 0 Å². The molecule has 17 heavy (non-hydrogen) atoms. The number of nitrogens with one attached hydrogen (secondary N) is 1. The summed E-state index contributed by atoms with van der Waals surface area (Å²) in [6.07, 6.45) is 2.73. The molecular weight excluding hydrogens is 234 g/mol. The van der Waals surface area contributed by atoms with E-state index in [1.807, 2.05) is 13.0 Å². The van der Waals surface area contributed by atoms with Gasteiger partial charge in [-0.05, 0) is 43.9 Å². The number of hydrogen-bond acceptors (Lipinski definition) is 2. The number of ether oxygens (including phenoxy) is 1. The summed E-state index contributed by atoms with van der Waals surface area (Å²) in [5.41, 5.74) is 2.35. The fourth-order valence-electron chi connectivity index (χ4n) is 2.15. The molecule has 1 aliphatic rings. The van der Waals surface area contributed by atoms with Crippen molar-refractivity contribution in [1.82, 2.24) is 5.32 Å². The van der Waals surface area contributed by atoms with Crippen LogP contribution >= 0.6 is 11.6 Å². The average molecular weight is 254 g/mol.